The number of thioether (sulfide) groups is 1. The molecular weight excluding hydrogens is 369 g/mol. The molecule has 1 heterocycles. The van der Waals surface area contributed by atoms with E-state index in [0.717, 1.165) is 11.0 Å². The monoisotopic (exact) mass is 385 g/mol. The van der Waals surface area contributed by atoms with Gasteiger partial charge in [-0.2, -0.15) is 0 Å². The van der Waals surface area contributed by atoms with Crippen molar-refractivity contribution in [3.63, 3.8) is 0 Å². The molecule has 8 heteroatoms. The molecular formula is C19H16FN3O3S. The first kappa shape index (κ1) is 18.8. The number of nitrogens with one attached hydrogen (secondary N) is 1. The van der Waals surface area contributed by atoms with Crippen LogP contribution in [-0.2, 0) is 20.9 Å². The summed E-state index contributed by atoms with van der Waals surface area (Å²) in [6.07, 6.45) is 1.58. The van der Waals surface area contributed by atoms with Crippen LogP contribution in [0.25, 0.3) is 11.0 Å². The summed E-state index contributed by atoms with van der Waals surface area (Å²) in [5, 5.41) is 3.10. The van der Waals surface area contributed by atoms with Crippen molar-refractivity contribution in [2.24, 2.45) is 0 Å². The second-order valence-corrected chi connectivity index (χ2v) is 6.51. The van der Waals surface area contributed by atoms with Crippen LogP contribution in [0.15, 0.2) is 59.8 Å². The van der Waals surface area contributed by atoms with Crippen molar-refractivity contribution in [1.82, 2.24) is 15.3 Å². The quantitative estimate of drug-likeness (QED) is 0.498. The summed E-state index contributed by atoms with van der Waals surface area (Å²) in [7, 11) is 0. The second kappa shape index (κ2) is 9.09. The van der Waals surface area contributed by atoms with Gasteiger partial charge in [-0.1, -0.05) is 42.1 Å². The van der Waals surface area contributed by atoms with Crippen LogP contribution in [-0.4, -0.2) is 34.2 Å². The molecule has 1 N–H and O–H groups in total. The number of amides is 1. The van der Waals surface area contributed by atoms with Crippen LogP contribution in [0.3, 0.4) is 0 Å². The van der Waals surface area contributed by atoms with Gasteiger partial charge in [-0.3, -0.25) is 14.6 Å². The average molecular weight is 385 g/mol. The lowest BCUT2D eigenvalue weighted by Crippen LogP contribution is -2.29. The molecule has 0 bridgehead atoms. The first-order valence-electron chi connectivity index (χ1n) is 8.12. The number of nitrogens with zero attached hydrogens (tertiary/aromatic N) is 2. The van der Waals surface area contributed by atoms with E-state index >= 15 is 0 Å². The smallest absolute Gasteiger partial charge is 0.316 e. The van der Waals surface area contributed by atoms with Gasteiger partial charge in [0.15, 0.2) is 6.61 Å². The maximum atomic E-state index is 13.5. The lowest BCUT2D eigenvalue weighted by atomic mass is 10.2. The highest BCUT2D eigenvalue weighted by Crippen LogP contribution is 2.17. The molecule has 6 nitrogen and oxygen atoms in total. The fourth-order valence-corrected chi connectivity index (χ4v) is 2.86. The van der Waals surface area contributed by atoms with Gasteiger partial charge in [0.1, 0.15) is 10.8 Å². The Morgan fingerprint density at radius 2 is 1.81 bits per heavy atom. The van der Waals surface area contributed by atoms with Crippen molar-refractivity contribution in [3.8, 4) is 0 Å². The normalized spacial score (nSPS) is 10.6. The van der Waals surface area contributed by atoms with Crippen molar-refractivity contribution >= 4 is 34.7 Å². The van der Waals surface area contributed by atoms with Crippen molar-refractivity contribution in [3.05, 3.63) is 66.1 Å². The van der Waals surface area contributed by atoms with E-state index < -0.39 is 24.3 Å². The zero-order valence-corrected chi connectivity index (χ0v) is 15.0. The number of para-hydroxylation sites is 2. The molecule has 0 unspecified atom stereocenters. The summed E-state index contributed by atoms with van der Waals surface area (Å²) in [5.74, 6) is -1.44. The van der Waals surface area contributed by atoms with E-state index in [9.17, 15) is 14.0 Å². The number of aromatic nitrogens is 2. The van der Waals surface area contributed by atoms with Crippen LogP contribution in [0.2, 0.25) is 0 Å². The number of halogens is 1. The van der Waals surface area contributed by atoms with Crippen LogP contribution in [0.1, 0.15) is 5.56 Å². The molecule has 1 amide bonds. The minimum Gasteiger partial charge on any atom is -0.455 e. The standard InChI is InChI=1S/C19H16FN3O3S/c20-14-6-2-1-5-13(14)9-22-17(24)11-26-19(25)12-27-18-10-21-15-7-3-4-8-16(15)23-18/h1-8,10H,9,11-12H2,(H,22,24). The van der Waals surface area contributed by atoms with Crippen molar-refractivity contribution in [2.45, 2.75) is 11.6 Å². The van der Waals surface area contributed by atoms with Gasteiger partial charge in [0.25, 0.3) is 5.91 Å². The molecule has 0 aliphatic rings. The van der Waals surface area contributed by atoms with E-state index in [1.165, 1.54) is 17.8 Å². The largest absolute Gasteiger partial charge is 0.455 e. The first-order chi connectivity index (χ1) is 13.1. The highest BCUT2D eigenvalue weighted by Gasteiger charge is 2.10. The van der Waals surface area contributed by atoms with Crippen molar-refractivity contribution < 1.29 is 18.7 Å². The van der Waals surface area contributed by atoms with Crippen LogP contribution in [0.5, 0.6) is 0 Å². The van der Waals surface area contributed by atoms with Gasteiger partial charge in [-0.15, -0.1) is 0 Å². The fourth-order valence-electron chi connectivity index (χ4n) is 2.22. The molecule has 27 heavy (non-hydrogen) atoms. The molecule has 0 atom stereocenters. The predicted molar refractivity (Wildman–Crippen MR) is 99.5 cm³/mol. The van der Waals surface area contributed by atoms with Crippen LogP contribution in [0, 0.1) is 5.82 Å². The summed E-state index contributed by atoms with van der Waals surface area (Å²) in [6.45, 7) is -0.387. The molecule has 138 valence electrons. The summed E-state index contributed by atoms with van der Waals surface area (Å²) >= 11 is 1.18. The number of benzene rings is 2. The average Bonchev–Trinajstić information content (AvgIpc) is 2.70. The molecule has 0 fully saturated rings. The number of carbonyl (C=O) groups is 2. The highest BCUT2D eigenvalue weighted by atomic mass is 32.2. The number of hydrogen-bond acceptors (Lipinski definition) is 6. The van der Waals surface area contributed by atoms with Gasteiger partial charge in [-0.25, -0.2) is 9.37 Å². The van der Waals surface area contributed by atoms with Gasteiger partial charge in [-0.05, 0) is 18.2 Å². The molecule has 0 saturated carbocycles. The van der Waals surface area contributed by atoms with Crippen molar-refractivity contribution in [2.75, 3.05) is 12.4 Å². The lowest BCUT2D eigenvalue weighted by Gasteiger charge is -2.07. The highest BCUT2D eigenvalue weighted by molar-refractivity contribution is 7.99. The number of hydrogen-bond donors (Lipinski definition) is 1. The third-order valence-electron chi connectivity index (χ3n) is 3.56. The molecule has 0 saturated heterocycles. The molecule has 2 aromatic carbocycles. The Bertz CT molecular complexity index is 968. The van der Waals surface area contributed by atoms with Crippen LogP contribution in [0.4, 0.5) is 4.39 Å². The number of ether oxygens (including phenoxy) is 1. The number of fused-ring (bicyclic) bond motifs is 1. The molecule has 3 rings (SSSR count). The zero-order chi connectivity index (χ0) is 19.1. The summed E-state index contributed by atoms with van der Waals surface area (Å²) in [4.78, 5) is 32.1. The third-order valence-corrected chi connectivity index (χ3v) is 4.43. The molecule has 3 aromatic rings. The van der Waals surface area contributed by atoms with E-state index in [-0.39, 0.29) is 12.3 Å². The summed E-state index contributed by atoms with van der Waals surface area (Å²) in [6, 6.07) is 13.6. The molecule has 0 aliphatic carbocycles. The van der Waals surface area contributed by atoms with E-state index in [0.29, 0.717) is 10.6 Å². The Balaban J connectivity index is 1.41. The number of esters is 1. The Morgan fingerprint density at radius 1 is 1.07 bits per heavy atom. The molecule has 0 spiro atoms. The maximum Gasteiger partial charge on any atom is 0.316 e. The Kier molecular flexibility index (Phi) is 6.32. The van der Waals surface area contributed by atoms with E-state index in [4.69, 9.17) is 4.74 Å². The number of rotatable bonds is 7. The van der Waals surface area contributed by atoms with Crippen LogP contribution < -0.4 is 5.32 Å². The zero-order valence-electron chi connectivity index (χ0n) is 14.2. The van der Waals surface area contributed by atoms with Crippen molar-refractivity contribution in [1.29, 1.82) is 0 Å². The molecule has 1 aromatic heterocycles. The van der Waals surface area contributed by atoms with E-state index in [1.54, 1.807) is 24.4 Å². The predicted octanol–water partition coefficient (Wildman–Crippen LogP) is 2.72. The van der Waals surface area contributed by atoms with Gasteiger partial charge >= 0.3 is 5.97 Å². The topological polar surface area (TPSA) is 81.2 Å². The lowest BCUT2D eigenvalue weighted by molar-refractivity contribution is -0.145. The summed E-state index contributed by atoms with van der Waals surface area (Å²) < 4.78 is 18.4. The summed E-state index contributed by atoms with van der Waals surface area (Å²) in [5.41, 5.74) is 1.88. The first-order valence-corrected chi connectivity index (χ1v) is 9.11. The van der Waals surface area contributed by atoms with Crippen LogP contribution >= 0.6 is 11.8 Å². The SMILES string of the molecule is O=C(COC(=O)CSc1cnc2ccccc2n1)NCc1ccccc1F. The van der Waals surface area contributed by atoms with Gasteiger partial charge in [0.05, 0.1) is 23.0 Å². The van der Waals surface area contributed by atoms with Gasteiger partial charge < -0.3 is 10.1 Å². The minimum absolute atomic E-state index is 0.00755. The molecule has 0 radical (unpaired) electrons. The Morgan fingerprint density at radius 3 is 2.63 bits per heavy atom. The van der Waals surface area contributed by atoms with Gasteiger partial charge in [0.2, 0.25) is 0 Å². The van der Waals surface area contributed by atoms with Gasteiger partial charge in [0, 0.05) is 12.1 Å². The third kappa shape index (κ3) is 5.49. The Hall–Kier alpha value is -3.00. The van der Waals surface area contributed by atoms with E-state index in [2.05, 4.69) is 15.3 Å². The molecule has 0 aliphatic heterocycles. The maximum absolute atomic E-state index is 13.5. The van der Waals surface area contributed by atoms with E-state index in [1.807, 2.05) is 24.3 Å². The second-order valence-electron chi connectivity index (χ2n) is 5.51. The number of carbonyl (C=O) groups excluding carboxylic acids is 2. The Labute approximate surface area is 159 Å². The minimum atomic E-state index is -0.545. The fraction of sp³-hybridized carbons (Fsp3) is 0.158.